The molecule has 0 unspecified atom stereocenters. The van der Waals surface area contributed by atoms with Gasteiger partial charge in [-0.2, -0.15) is 13.2 Å². The van der Waals surface area contributed by atoms with E-state index in [9.17, 15) is 31.2 Å². The molecular weight excluding hydrogens is 591 g/mol. The van der Waals surface area contributed by atoms with E-state index in [1.165, 1.54) is 30.0 Å². The normalized spacial score (nSPS) is 13.2. The zero-order chi connectivity index (χ0) is 31.2. The Balaban J connectivity index is 2.08. The number of alkyl halides is 3. The van der Waals surface area contributed by atoms with Crippen molar-refractivity contribution in [2.75, 3.05) is 10.8 Å². The Bertz CT molecular complexity index is 1500. The van der Waals surface area contributed by atoms with Crippen molar-refractivity contribution in [1.29, 1.82) is 0 Å². The van der Waals surface area contributed by atoms with E-state index in [0.29, 0.717) is 27.4 Å². The summed E-state index contributed by atoms with van der Waals surface area (Å²) in [5.74, 6) is -1.25. The fourth-order valence-electron chi connectivity index (χ4n) is 4.04. The Labute approximate surface area is 249 Å². The van der Waals surface area contributed by atoms with Gasteiger partial charge in [0.15, 0.2) is 0 Å². The Hall–Kier alpha value is -3.57. The molecule has 0 heterocycles. The van der Waals surface area contributed by atoms with Crippen LogP contribution in [0.1, 0.15) is 43.9 Å². The number of nitrogens with one attached hydrogen (secondary N) is 1. The first kappa shape index (κ1) is 32.9. The first-order valence-corrected chi connectivity index (χ1v) is 15.1. The number of anilines is 1. The predicted octanol–water partition coefficient (Wildman–Crippen LogP) is 6.19. The van der Waals surface area contributed by atoms with E-state index in [4.69, 9.17) is 11.6 Å². The van der Waals surface area contributed by atoms with Crippen molar-refractivity contribution in [3.8, 4) is 0 Å². The molecule has 0 fully saturated rings. The lowest BCUT2D eigenvalue weighted by Gasteiger charge is -2.32. The molecule has 3 aromatic carbocycles. The molecule has 0 saturated heterocycles. The standard InChI is InChI=1S/C30H33ClF3N3O4S/c1-5-21(3)35-29(39)22(4)36(18-23-11-13-25(31)14-12-23)28(38)19-37(26-8-6-7-24(17-26)30(32,33)34)42(40,41)27-15-9-20(2)10-16-27/h6-17,21-22H,5,18-19H2,1-4H3,(H,35,39)/t21-,22-/m0/s1. The fourth-order valence-corrected chi connectivity index (χ4v) is 5.57. The number of halogens is 4. The molecule has 0 spiro atoms. The van der Waals surface area contributed by atoms with Crippen molar-refractivity contribution < 1.29 is 31.2 Å². The molecule has 3 aromatic rings. The maximum atomic E-state index is 13.9. The van der Waals surface area contributed by atoms with E-state index in [0.717, 1.165) is 17.7 Å². The van der Waals surface area contributed by atoms with Crippen LogP contribution in [0.15, 0.2) is 77.7 Å². The molecule has 3 rings (SSSR count). The molecule has 2 atom stereocenters. The largest absolute Gasteiger partial charge is 0.416 e. The van der Waals surface area contributed by atoms with Crippen LogP contribution in [0.2, 0.25) is 5.02 Å². The van der Waals surface area contributed by atoms with Crippen LogP contribution < -0.4 is 9.62 Å². The number of rotatable bonds is 11. The predicted molar refractivity (Wildman–Crippen MR) is 157 cm³/mol. The zero-order valence-electron chi connectivity index (χ0n) is 23.7. The van der Waals surface area contributed by atoms with Gasteiger partial charge >= 0.3 is 6.18 Å². The second-order valence-electron chi connectivity index (χ2n) is 10.0. The maximum Gasteiger partial charge on any atom is 0.416 e. The minimum Gasteiger partial charge on any atom is -0.352 e. The highest BCUT2D eigenvalue weighted by atomic mass is 35.5. The fraction of sp³-hybridized carbons (Fsp3) is 0.333. The van der Waals surface area contributed by atoms with E-state index in [2.05, 4.69) is 5.32 Å². The molecule has 12 heteroatoms. The summed E-state index contributed by atoms with van der Waals surface area (Å²) in [6, 6.07) is 14.8. The van der Waals surface area contributed by atoms with Gasteiger partial charge in [0.2, 0.25) is 11.8 Å². The van der Waals surface area contributed by atoms with Crippen LogP contribution in [-0.4, -0.2) is 43.8 Å². The molecule has 7 nitrogen and oxygen atoms in total. The summed E-state index contributed by atoms with van der Waals surface area (Å²) in [5.41, 5.74) is -0.0355. The molecule has 2 amide bonds. The Kier molecular flexibility index (Phi) is 10.7. The Morgan fingerprint density at radius 3 is 2.17 bits per heavy atom. The summed E-state index contributed by atoms with van der Waals surface area (Å²) in [6.45, 7) is 6.02. The van der Waals surface area contributed by atoms with Crippen LogP contribution in [0.5, 0.6) is 0 Å². The number of nitrogens with zero attached hydrogens (tertiary/aromatic N) is 2. The molecule has 0 radical (unpaired) electrons. The average Bonchev–Trinajstić information content (AvgIpc) is 2.94. The number of carbonyl (C=O) groups excluding carboxylic acids is 2. The summed E-state index contributed by atoms with van der Waals surface area (Å²) >= 11 is 6.00. The summed E-state index contributed by atoms with van der Waals surface area (Å²) in [6.07, 6.45) is -4.11. The van der Waals surface area contributed by atoms with Crippen LogP contribution in [-0.2, 0) is 32.3 Å². The monoisotopic (exact) mass is 623 g/mol. The molecule has 0 aliphatic rings. The number of sulfonamides is 1. The van der Waals surface area contributed by atoms with Crippen molar-refractivity contribution in [3.05, 3.63) is 94.5 Å². The molecular formula is C30H33ClF3N3O4S. The number of hydrogen-bond acceptors (Lipinski definition) is 4. The first-order chi connectivity index (χ1) is 19.6. The van der Waals surface area contributed by atoms with Gasteiger partial charge in [-0.15, -0.1) is 0 Å². The highest BCUT2D eigenvalue weighted by Gasteiger charge is 2.35. The topological polar surface area (TPSA) is 86.8 Å². The third kappa shape index (κ3) is 8.25. The molecule has 0 bridgehead atoms. The summed E-state index contributed by atoms with van der Waals surface area (Å²) in [5, 5.41) is 3.28. The Morgan fingerprint density at radius 1 is 0.976 bits per heavy atom. The third-order valence-corrected chi connectivity index (χ3v) is 8.82. The van der Waals surface area contributed by atoms with Crippen molar-refractivity contribution in [1.82, 2.24) is 10.2 Å². The number of hydrogen-bond donors (Lipinski definition) is 1. The number of amides is 2. The second kappa shape index (κ2) is 13.6. The van der Waals surface area contributed by atoms with Gasteiger partial charge in [-0.05, 0) is 75.2 Å². The van der Waals surface area contributed by atoms with E-state index in [1.54, 1.807) is 50.2 Å². The number of carbonyl (C=O) groups is 2. The molecule has 0 aliphatic heterocycles. The lowest BCUT2D eigenvalue weighted by atomic mass is 10.1. The maximum absolute atomic E-state index is 13.9. The SMILES string of the molecule is CC[C@H](C)NC(=O)[C@H](C)N(Cc1ccc(Cl)cc1)C(=O)CN(c1cccc(C(F)(F)F)c1)S(=O)(=O)c1ccc(C)cc1. The van der Waals surface area contributed by atoms with Gasteiger partial charge in [0.05, 0.1) is 16.1 Å². The van der Waals surface area contributed by atoms with Gasteiger partial charge < -0.3 is 10.2 Å². The number of aryl methyl sites for hydroxylation is 1. The number of benzene rings is 3. The summed E-state index contributed by atoms with van der Waals surface area (Å²) < 4.78 is 69.1. The Morgan fingerprint density at radius 2 is 1.60 bits per heavy atom. The van der Waals surface area contributed by atoms with Gasteiger partial charge in [-0.1, -0.05) is 54.4 Å². The van der Waals surface area contributed by atoms with E-state index in [-0.39, 0.29) is 23.2 Å². The third-order valence-electron chi connectivity index (χ3n) is 6.78. The van der Waals surface area contributed by atoms with E-state index < -0.39 is 46.2 Å². The minimum absolute atomic E-state index is 0.0773. The molecule has 226 valence electrons. The molecule has 0 aliphatic carbocycles. The quantitative estimate of drug-likeness (QED) is 0.276. The van der Waals surface area contributed by atoms with E-state index >= 15 is 0 Å². The lowest BCUT2D eigenvalue weighted by Crippen LogP contribution is -2.52. The first-order valence-electron chi connectivity index (χ1n) is 13.2. The van der Waals surface area contributed by atoms with Gasteiger partial charge in [-0.3, -0.25) is 13.9 Å². The van der Waals surface area contributed by atoms with Crippen molar-refractivity contribution in [3.63, 3.8) is 0 Å². The van der Waals surface area contributed by atoms with Crippen LogP contribution in [0, 0.1) is 6.92 Å². The molecule has 0 aromatic heterocycles. The molecule has 1 N–H and O–H groups in total. The summed E-state index contributed by atoms with van der Waals surface area (Å²) in [4.78, 5) is 28.0. The lowest BCUT2D eigenvalue weighted by molar-refractivity contribution is -0.139. The van der Waals surface area contributed by atoms with Gasteiger partial charge in [0.25, 0.3) is 10.0 Å². The smallest absolute Gasteiger partial charge is 0.352 e. The highest BCUT2D eigenvalue weighted by Crippen LogP contribution is 2.33. The average molecular weight is 624 g/mol. The molecule has 42 heavy (non-hydrogen) atoms. The van der Waals surface area contributed by atoms with Crippen molar-refractivity contribution in [2.45, 2.75) is 63.8 Å². The van der Waals surface area contributed by atoms with Gasteiger partial charge in [0.1, 0.15) is 12.6 Å². The van der Waals surface area contributed by atoms with Crippen LogP contribution in [0.25, 0.3) is 0 Å². The van der Waals surface area contributed by atoms with Crippen LogP contribution in [0.4, 0.5) is 18.9 Å². The van der Waals surface area contributed by atoms with Crippen LogP contribution in [0.3, 0.4) is 0 Å². The molecule has 0 saturated carbocycles. The van der Waals surface area contributed by atoms with Gasteiger partial charge in [0, 0.05) is 17.6 Å². The minimum atomic E-state index is -4.75. The van der Waals surface area contributed by atoms with Crippen molar-refractivity contribution in [2.24, 2.45) is 0 Å². The van der Waals surface area contributed by atoms with Crippen LogP contribution >= 0.6 is 11.6 Å². The summed E-state index contributed by atoms with van der Waals surface area (Å²) in [7, 11) is -4.51. The van der Waals surface area contributed by atoms with Crippen molar-refractivity contribution >= 4 is 39.1 Å². The zero-order valence-corrected chi connectivity index (χ0v) is 25.2. The van der Waals surface area contributed by atoms with Gasteiger partial charge in [-0.25, -0.2) is 8.42 Å². The second-order valence-corrected chi connectivity index (χ2v) is 12.3. The highest BCUT2D eigenvalue weighted by molar-refractivity contribution is 7.92. The van der Waals surface area contributed by atoms with E-state index in [1.807, 2.05) is 6.92 Å².